The Morgan fingerprint density at radius 3 is 1.30 bits per heavy atom. The summed E-state index contributed by atoms with van der Waals surface area (Å²) >= 11 is 0. The van der Waals surface area contributed by atoms with Gasteiger partial charge in [-0.15, -0.1) is 0 Å². The van der Waals surface area contributed by atoms with E-state index in [4.69, 9.17) is 0 Å². The summed E-state index contributed by atoms with van der Waals surface area (Å²) in [5, 5.41) is 0. The molecular weight excluding hydrogens is 242 g/mol. The van der Waals surface area contributed by atoms with E-state index in [1.807, 2.05) is 0 Å². The quantitative estimate of drug-likeness (QED) is 0.313. The standard InChI is InChI=1S/C19H41N/c1-5-6-7-8-9-10-11-12-13-14-15-16-17-18-20(4)19(2)3/h19H,5-18H2,1-4H3. The zero-order valence-corrected chi connectivity index (χ0v) is 14.9. The van der Waals surface area contributed by atoms with Gasteiger partial charge >= 0.3 is 0 Å². The van der Waals surface area contributed by atoms with Crippen LogP contribution in [0.15, 0.2) is 0 Å². The molecule has 0 aromatic heterocycles. The lowest BCUT2D eigenvalue weighted by Gasteiger charge is -2.20. The van der Waals surface area contributed by atoms with Crippen LogP contribution >= 0.6 is 0 Å². The van der Waals surface area contributed by atoms with Crippen molar-refractivity contribution in [2.75, 3.05) is 13.6 Å². The normalized spacial score (nSPS) is 11.7. The van der Waals surface area contributed by atoms with Crippen LogP contribution < -0.4 is 0 Å². The maximum Gasteiger partial charge on any atom is 0.00355 e. The summed E-state index contributed by atoms with van der Waals surface area (Å²) in [6.07, 6.45) is 18.8. The van der Waals surface area contributed by atoms with Gasteiger partial charge in [-0.05, 0) is 33.9 Å². The predicted octanol–water partition coefficient (Wildman–Crippen LogP) is 6.42. The summed E-state index contributed by atoms with van der Waals surface area (Å²) < 4.78 is 0. The molecule has 0 atom stereocenters. The summed E-state index contributed by atoms with van der Waals surface area (Å²) in [6, 6.07) is 0.701. The van der Waals surface area contributed by atoms with E-state index in [2.05, 4.69) is 32.7 Å². The Kier molecular flexibility index (Phi) is 15.3. The molecule has 0 aliphatic heterocycles. The van der Waals surface area contributed by atoms with Crippen LogP contribution in [0.3, 0.4) is 0 Å². The smallest absolute Gasteiger partial charge is 0.00355 e. The molecular formula is C19H41N. The Balaban J connectivity index is 3.03. The predicted molar refractivity (Wildman–Crippen MR) is 93.5 cm³/mol. The molecule has 0 heterocycles. The topological polar surface area (TPSA) is 3.24 Å². The van der Waals surface area contributed by atoms with E-state index in [1.54, 1.807) is 0 Å². The molecule has 0 aromatic rings. The van der Waals surface area contributed by atoms with E-state index < -0.39 is 0 Å². The molecule has 0 aliphatic carbocycles. The van der Waals surface area contributed by atoms with Crippen molar-refractivity contribution in [3.05, 3.63) is 0 Å². The van der Waals surface area contributed by atoms with Crippen molar-refractivity contribution >= 4 is 0 Å². The molecule has 0 spiro atoms. The molecule has 0 saturated heterocycles. The summed E-state index contributed by atoms with van der Waals surface area (Å²) in [5.74, 6) is 0. The fourth-order valence-corrected chi connectivity index (χ4v) is 2.64. The maximum atomic E-state index is 2.46. The molecule has 0 aliphatic rings. The number of nitrogens with zero attached hydrogens (tertiary/aromatic N) is 1. The lowest BCUT2D eigenvalue weighted by atomic mass is 10.0. The Hall–Kier alpha value is -0.0400. The Labute approximate surface area is 129 Å². The van der Waals surface area contributed by atoms with E-state index in [0.717, 1.165) is 0 Å². The van der Waals surface area contributed by atoms with Crippen molar-refractivity contribution in [3.63, 3.8) is 0 Å². The van der Waals surface area contributed by atoms with Gasteiger partial charge in [-0.1, -0.05) is 84.0 Å². The average molecular weight is 284 g/mol. The van der Waals surface area contributed by atoms with E-state index in [1.165, 1.54) is 90.0 Å². The first-order valence-electron chi connectivity index (χ1n) is 9.38. The van der Waals surface area contributed by atoms with Gasteiger partial charge in [0.15, 0.2) is 0 Å². The van der Waals surface area contributed by atoms with Gasteiger partial charge in [-0.25, -0.2) is 0 Å². The minimum absolute atomic E-state index is 0.701. The van der Waals surface area contributed by atoms with Gasteiger partial charge < -0.3 is 4.90 Å². The second-order valence-corrected chi connectivity index (χ2v) is 6.82. The van der Waals surface area contributed by atoms with Crippen LogP contribution in [0.4, 0.5) is 0 Å². The van der Waals surface area contributed by atoms with Crippen molar-refractivity contribution in [1.29, 1.82) is 0 Å². The van der Waals surface area contributed by atoms with Gasteiger partial charge in [0.25, 0.3) is 0 Å². The molecule has 0 bridgehead atoms. The highest BCUT2D eigenvalue weighted by atomic mass is 15.1. The minimum atomic E-state index is 0.701. The van der Waals surface area contributed by atoms with Crippen LogP contribution in [0.25, 0.3) is 0 Å². The van der Waals surface area contributed by atoms with Crippen LogP contribution in [0.2, 0.25) is 0 Å². The van der Waals surface area contributed by atoms with E-state index in [9.17, 15) is 0 Å². The third-order valence-corrected chi connectivity index (χ3v) is 4.50. The van der Waals surface area contributed by atoms with Crippen molar-refractivity contribution < 1.29 is 0 Å². The zero-order chi connectivity index (χ0) is 15.1. The molecule has 122 valence electrons. The number of unbranched alkanes of at least 4 members (excludes halogenated alkanes) is 12. The number of rotatable bonds is 15. The van der Waals surface area contributed by atoms with Gasteiger partial charge in [-0.3, -0.25) is 0 Å². The summed E-state index contributed by atoms with van der Waals surface area (Å²) in [6.45, 7) is 8.13. The van der Waals surface area contributed by atoms with Gasteiger partial charge in [-0.2, -0.15) is 0 Å². The molecule has 0 amide bonds. The van der Waals surface area contributed by atoms with E-state index >= 15 is 0 Å². The van der Waals surface area contributed by atoms with Crippen LogP contribution in [-0.2, 0) is 0 Å². The third-order valence-electron chi connectivity index (χ3n) is 4.50. The van der Waals surface area contributed by atoms with Crippen molar-refractivity contribution in [3.8, 4) is 0 Å². The Morgan fingerprint density at radius 2 is 0.950 bits per heavy atom. The van der Waals surface area contributed by atoms with Gasteiger partial charge in [0.1, 0.15) is 0 Å². The summed E-state index contributed by atoms with van der Waals surface area (Å²) in [7, 11) is 2.24. The SMILES string of the molecule is CCCCCCCCCCCCCCCN(C)C(C)C. The molecule has 0 aromatic carbocycles. The molecule has 20 heavy (non-hydrogen) atoms. The maximum absolute atomic E-state index is 2.46. The second kappa shape index (κ2) is 15.4. The minimum Gasteiger partial charge on any atom is -0.304 e. The van der Waals surface area contributed by atoms with Gasteiger partial charge in [0, 0.05) is 6.04 Å². The lowest BCUT2D eigenvalue weighted by molar-refractivity contribution is 0.267. The van der Waals surface area contributed by atoms with Crippen molar-refractivity contribution in [1.82, 2.24) is 4.90 Å². The molecule has 1 heteroatoms. The van der Waals surface area contributed by atoms with Gasteiger partial charge in [0.05, 0.1) is 0 Å². The van der Waals surface area contributed by atoms with Crippen molar-refractivity contribution in [2.24, 2.45) is 0 Å². The average Bonchev–Trinajstić information content (AvgIpc) is 2.43. The highest BCUT2D eigenvalue weighted by Gasteiger charge is 2.01. The van der Waals surface area contributed by atoms with E-state index in [-0.39, 0.29) is 0 Å². The molecule has 0 rings (SSSR count). The molecule has 0 fully saturated rings. The third kappa shape index (κ3) is 14.4. The highest BCUT2D eigenvalue weighted by Crippen LogP contribution is 2.12. The van der Waals surface area contributed by atoms with Crippen molar-refractivity contribution in [2.45, 2.75) is 110 Å². The molecule has 0 saturated carbocycles. The molecule has 0 unspecified atom stereocenters. The first-order chi connectivity index (χ1) is 9.68. The van der Waals surface area contributed by atoms with Crippen LogP contribution in [0.5, 0.6) is 0 Å². The monoisotopic (exact) mass is 283 g/mol. The van der Waals surface area contributed by atoms with Crippen LogP contribution in [0.1, 0.15) is 104 Å². The van der Waals surface area contributed by atoms with Crippen LogP contribution in [-0.4, -0.2) is 24.5 Å². The fourth-order valence-electron chi connectivity index (χ4n) is 2.64. The lowest BCUT2D eigenvalue weighted by Crippen LogP contribution is -2.27. The molecule has 0 radical (unpaired) electrons. The first-order valence-corrected chi connectivity index (χ1v) is 9.38. The number of hydrogen-bond donors (Lipinski definition) is 0. The zero-order valence-electron chi connectivity index (χ0n) is 14.9. The van der Waals surface area contributed by atoms with E-state index in [0.29, 0.717) is 6.04 Å². The second-order valence-electron chi connectivity index (χ2n) is 6.82. The largest absolute Gasteiger partial charge is 0.304 e. The van der Waals surface area contributed by atoms with Gasteiger partial charge in [0.2, 0.25) is 0 Å². The highest BCUT2D eigenvalue weighted by molar-refractivity contribution is 4.57. The molecule has 0 N–H and O–H groups in total. The fraction of sp³-hybridized carbons (Fsp3) is 1.00. The summed E-state index contributed by atoms with van der Waals surface area (Å²) in [4.78, 5) is 2.46. The Bertz CT molecular complexity index is 177. The molecule has 1 nitrogen and oxygen atoms in total. The number of hydrogen-bond acceptors (Lipinski definition) is 1. The van der Waals surface area contributed by atoms with Crippen LogP contribution in [0, 0.1) is 0 Å². The first kappa shape index (κ1) is 20.0. The Morgan fingerprint density at radius 1 is 0.600 bits per heavy atom. The summed E-state index contributed by atoms with van der Waals surface area (Å²) in [5.41, 5.74) is 0.